The molecule has 0 saturated carbocycles. The molecular formula is C14H13FN2O2. The fourth-order valence-electron chi connectivity index (χ4n) is 1.62. The second-order valence-corrected chi connectivity index (χ2v) is 3.93. The fourth-order valence-corrected chi connectivity index (χ4v) is 1.62. The summed E-state index contributed by atoms with van der Waals surface area (Å²) in [6.45, 7) is 0. The van der Waals surface area contributed by atoms with Gasteiger partial charge in [-0.1, -0.05) is 6.07 Å². The number of ether oxygens (including phenoxy) is 1. The Morgan fingerprint density at radius 2 is 2.05 bits per heavy atom. The Hall–Kier alpha value is -2.56. The van der Waals surface area contributed by atoms with Crippen molar-refractivity contribution in [1.29, 1.82) is 0 Å². The minimum absolute atomic E-state index is 0.0744. The highest BCUT2D eigenvalue weighted by Gasteiger charge is 2.08. The number of halogens is 1. The first-order chi connectivity index (χ1) is 9.10. The highest BCUT2D eigenvalue weighted by Crippen LogP contribution is 2.22. The first-order valence-corrected chi connectivity index (χ1v) is 5.60. The van der Waals surface area contributed by atoms with Gasteiger partial charge < -0.3 is 15.8 Å². The molecule has 2 rings (SSSR count). The maximum absolute atomic E-state index is 13.2. The molecule has 2 aromatic carbocycles. The summed E-state index contributed by atoms with van der Waals surface area (Å²) in [5, 5.41) is 2.65. The number of carbonyl (C=O) groups is 1. The molecule has 4 nitrogen and oxygen atoms in total. The van der Waals surface area contributed by atoms with Crippen molar-refractivity contribution >= 4 is 17.3 Å². The summed E-state index contributed by atoms with van der Waals surface area (Å²) < 4.78 is 18.1. The zero-order valence-corrected chi connectivity index (χ0v) is 10.3. The van der Waals surface area contributed by atoms with Crippen LogP contribution in [-0.4, -0.2) is 13.0 Å². The number of nitrogens with two attached hydrogens (primary N) is 1. The maximum atomic E-state index is 13.2. The number of rotatable bonds is 3. The molecule has 2 aromatic rings. The topological polar surface area (TPSA) is 64.3 Å². The highest BCUT2D eigenvalue weighted by molar-refractivity contribution is 6.04. The van der Waals surface area contributed by atoms with Crippen molar-refractivity contribution < 1.29 is 13.9 Å². The van der Waals surface area contributed by atoms with Gasteiger partial charge in [-0.25, -0.2) is 4.39 Å². The molecule has 98 valence electrons. The van der Waals surface area contributed by atoms with Crippen LogP contribution in [-0.2, 0) is 0 Å². The number of hydrogen-bond donors (Lipinski definition) is 2. The number of carbonyl (C=O) groups excluding carboxylic acids is 1. The third-order valence-electron chi connectivity index (χ3n) is 2.56. The number of nitrogen functional groups attached to an aromatic ring is 1. The summed E-state index contributed by atoms with van der Waals surface area (Å²) in [7, 11) is 1.36. The normalized spacial score (nSPS) is 10.0. The van der Waals surface area contributed by atoms with E-state index in [0.29, 0.717) is 16.9 Å². The molecule has 0 bridgehead atoms. The Kier molecular flexibility index (Phi) is 3.66. The van der Waals surface area contributed by atoms with Gasteiger partial charge in [0.2, 0.25) is 0 Å². The van der Waals surface area contributed by atoms with Crippen molar-refractivity contribution in [3.63, 3.8) is 0 Å². The number of hydrogen-bond acceptors (Lipinski definition) is 3. The number of anilines is 2. The Bertz CT molecular complexity index is 614. The van der Waals surface area contributed by atoms with Crippen LogP contribution in [0.2, 0.25) is 0 Å². The first kappa shape index (κ1) is 12.9. The van der Waals surface area contributed by atoms with E-state index in [1.165, 1.54) is 25.3 Å². The zero-order valence-electron chi connectivity index (χ0n) is 10.3. The largest absolute Gasteiger partial charge is 0.494 e. The van der Waals surface area contributed by atoms with E-state index in [2.05, 4.69) is 5.32 Å². The first-order valence-electron chi connectivity index (χ1n) is 5.60. The van der Waals surface area contributed by atoms with Crippen LogP contribution in [0.1, 0.15) is 10.4 Å². The lowest BCUT2D eigenvalue weighted by molar-refractivity contribution is 0.102. The number of methoxy groups -OCH3 is 1. The predicted octanol–water partition coefficient (Wildman–Crippen LogP) is 2.67. The van der Waals surface area contributed by atoms with Crippen LogP contribution in [0.15, 0.2) is 42.5 Å². The van der Waals surface area contributed by atoms with Crippen LogP contribution in [0.25, 0.3) is 0 Å². The van der Waals surface area contributed by atoms with Crippen LogP contribution < -0.4 is 15.8 Å². The van der Waals surface area contributed by atoms with Gasteiger partial charge in [0, 0.05) is 23.0 Å². The van der Waals surface area contributed by atoms with Gasteiger partial charge in [0.25, 0.3) is 5.91 Å². The van der Waals surface area contributed by atoms with E-state index in [-0.39, 0.29) is 11.7 Å². The van der Waals surface area contributed by atoms with E-state index in [1.54, 1.807) is 24.3 Å². The van der Waals surface area contributed by atoms with Crippen molar-refractivity contribution in [1.82, 2.24) is 0 Å². The lowest BCUT2D eigenvalue weighted by atomic mass is 10.2. The smallest absolute Gasteiger partial charge is 0.255 e. The van der Waals surface area contributed by atoms with Gasteiger partial charge >= 0.3 is 0 Å². The van der Waals surface area contributed by atoms with Crippen LogP contribution in [0.3, 0.4) is 0 Å². The minimum Gasteiger partial charge on any atom is -0.494 e. The molecule has 0 saturated heterocycles. The van der Waals surface area contributed by atoms with E-state index < -0.39 is 5.82 Å². The van der Waals surface area contributed by atoms with Crippen molar-refractivity contribution in [2.45, 2.75) is 0 Å². The molecule has 3 N–H and O–H groups in total. The quantitative estimate of drug-likeness (QED) is 0.834. The molecule has 0 heterocycles. The van der Waals surface area contributed by atoms with Crippen LogP contribution >= 0.6 is 0 Å². The average molecular weight is 260 g/mol. The number of amides is 1. The third kappa shape index (κ3) is 3.01. The summed E-state index contributed by atoms with van der Waals surface area (Å²) in [5.41, 5.74) is 6.99. The van der Waals surface area contributed by atoms with E-state index in [0.717, 1.165) is 0 Å². The van der Waals surface area contributed by atoms with E-state index >= 15 is 0 Å². The molecule has 0 aliphatic rings. The van der Waals surface area contributed by atoms with Crippen molar-refractivity contribution in [2.24, 2.45) is 0 Å². The molecule has 0 spiro atoms. The Morgan fingerprint density at radius 3 is 2.74 bits per heavy atom. The predicted molar refractivity (Wildman–Crippen MR) is 71.8 cm³/mol. The monoisotopic (exact) mass is 260 g/mol. The molecule has 0 aromatic heterocycles. The number of nitrogens with one attached hydrogen (secondary N) is 1. The van der Waals surface area contributed by atoms with E-state index in [4.69, 9.17) is 10.5 Å². The van der Waals surface area contributed by atoms with Crippen LogP contribution in [0, 0.1) is 5.82 Å². The highest BCUT2D eigenvalue weighted by atomic mass is 19.1. The Labute approximate surface area is 110 Å². The van der Waals surface area contributed by atoms with Crippen LogP contribution in [0.5, 0.6) is 5.75 Å². The Morgan fingerprint density at radius 1 is 1.26 bits per heavy atom. The molecule has 0 aliphatic heterocycles. The van der Waals surface area contributed by atoms with Crippen molar-refractivity contribution in [2.75, 3.05) is 18.2 Å². The summed E-state index contributed by atoms with van der Waals surface area (Å²) in [6, 6.07) is 10.7. The SMILES string of the molecule is COc1cc(NC(=O)c2cccc(N)c2)ccc1F. The molecule has 0 fully saturated rings. The summed E-state index contributed by atoms with van der Waals surface area (Å²) in [6.07, 6.45) is 0. The molecule has 19 heavy (non-hydrogen) atoms. The van der Waals surface area contributed by atoms with Crippen molar-refractivity contribution in [3.8, 4) is 5.75 Å². The molecule has 0 unspecified atom stereocenters. The molecule has 0 radical (unpaired) electrons. The van der Waals surface area contributed by atoms with Gasteiger partial charge in [0.05, 0.1) is 7.11 Å². The molecular weight excluding hydrogens is 247 g/mol. The third-order valence-corrected chi connectivity index (χ3v) is 2.56. The maximum Gasteiger partial charge on any atom is 0.255 e. The van der Waals surface area contributed by atoms with Gasteiger partial charge in [0.1, 0.15) is 0 Å². The molecule has 0 aliphatic carbocycles. The van der Waals surface area contributed by atoms with E-state index in [9.17, 15) is 9.18 Å². The average Bonchev–Trinajstić information content (AvgIpc) is 2.41. The number of benzene rings is 2. The van der Waals surface area contributed by atoms with Crippen LogP contribution in [0.4, 0.5) is 15.8 Å². The summed E-state index contributed by atoms with van der Waals surface area (Å²) >= 11 is 0. The van der Waals surface area contributed by atoms with Crippen molar-refractivity contribution in [3.05, 3.63) is 53.8 Å². The van der Waals surface area contributed by atoms with E-state index in [1.807, 2.05) is 0 Å². The second kappa shape index (κ2) is 5.39. The zero-order chi connectivity index (χ0) is 13.8. The molecule has 5 heteroatoms. The van der Waals surface area contributed by atoms with Gasteiger partial charge in [0.15, 0.2) is 11.6 Å². The standard InChI is InChI=1S/C14H13FN2O2/c1-19-13-8-11(5-6-12(13)15)17-14(18)9-3-2-4-10(16)7-9/h2-8H,16H2,1H3,(H,17,18). The van der Waals surface area contributed by atoms with Gasteiger partial charge in [-0.3, -0.25) is 4.79 Å². The molecule has 1 amide bonds. The fraction of sp³-hybridized carbons (Fsp3) is 0.0714. The van der Waals surface area contributed by atoms with Gasteiger partial charge in [-0.05, 0) is 30.3 Å². The summed E-state index contributed by atoms with van der Waals surface area (Å²) in [4.78, 5) is 11.9. The minimum atomic E-state index is -0.482. The molecule has 0 atom stereocenters. The van der Waals surface area contributed by atoms with Gasteiger partial charge in [-0.2, -0.15) is 0 Å². The lowest BCUT2D eigenvalue weighted by Gasteiger charge is -2.08. The second-order valence-electron chi connectivity index (χ2n) is 3.93. The lowest BCUT2D eigenvalue weighted by Crippen LogP contribution is -2.12. The summed E-state index contributed by atoms with van der Waals surface area (Å²) in [5.74, 6) is -0.726. The Balaban J connectivity index is 2.19. The van der Waals surface area contributed by atoms with Gasteiger partial charge in [-0.15, -0.1) is 0 Å².